The molecule has 4 atom stereocenters. The summed E-state index contributed by atoms with van der Waals surface area (Å²) in [5.41, 5.74) is -16.7. The Bertz CT molecular complexity index is 3350. The molecule has 3 amide bonds. The molecule has 6 aromatic carbocycles. The van der Waals surface area contributed by atoms with Crippen LogP contribution in [0.4, 0.5) is 26.3 Å². The van der Waals surface area contributed by atoms with Gasteiger partial charge in [0.15, 0.2) is 0 Å². The Hall–Kier alpha value is -4.72. The van der Waals surface area contributed by atoms with Crippen molar-refractivity contribution in [2.75, 3.05) is 39.3 Å². The number of hydrogen-bond acceptors (Lipinski definition) is 8. The fourth-order valence-corrected chi connectivity index (χ4v) is 18.2. The maximum atomic E-state index is 17.4. The van der Waals surface area contributed by atoms with E-state index >= 15 is 26.3 Å². The molecule has 1 saturated carbocycles. The number of carbonyl (C=O) groups is 3. The third-order valence-corrected chi connectivity index (χ3v) is 23.3. The molecule has 0 saturated heterocycles. The summed E-state index contributed by atoms with van der Waals surface area (Å²) in [6, 6.07) is 36.3. The molecule has 2 N–H and O–H groups in total. The minimum absolute atomic E-state index is 0.0187. The fourth-order valence-electron chi connectivity index (χ4n) is 9.85. The molecule has 1 aliphatic carbocycles. The average molecular weight is 1450 g/mol. The van der Waals surface area contributed by atoms with Crippen LogP contribution in [0.25, 0.3) is 0 Å². The number of likely N-dealkylation sites (N-methyl/N-ethyl adjacent to an activating group) is 3. The normalized spacial score (nSPS) is 16.5. The molecule has 25 heteroatoms. The van der Waals surface area contributed by atoms with E-state index in [2.05, 4.69) is 56.4 Å². The minimum Gasteiger partial charge on any atom is -0.343 e. The van der Waals surface area contributed by atoms with Gasteiger partial charge < -0.3 is 24.5 Å². The van der Waals surface area contributed by atoms with Gasteiger partial charge in [0.2, 0.25) is 17.7 Å². The lowest BCUT2D eigenvalue weighted by molar-refractivity contribution is -0.132. The Morgan fingerprint density at radius 2 is 0.826 bits per heavy atom. The van der Waals surface area contributed by atoms with E-state index in [1.807, 2.05) is 91.0 Å². The maximum absolute atomic E-state index is 17.4. The fraction of sp³-hybridized carbons (Fsp3) is 0.361. The Labute approximate surface area is 521 Å². The lowest BCUT2D eigenvalue weighted by Crippen LogP contribution is -2.34. The second-order valence-corrected chi connectivity index (χ2v) is 29.3. The van der Waals surface area contributed by atoms with Crippen molar-refractivity contribution in [3.63, 3.8) is 0 Å². The Balaban J connectivity index is 1.14. The lowest BCUT2D eigenvalue weighted by Gasteiger charge is -2.33. The largest absolute Gasteiger partial charge is 0.419 e. The molecule has 7 rings (SSSR count). The number of benzene rings is 6. The number of carbonyl (C=O) groups excluding carboxylic acids is 3. The average Bonchev–Trinajstić information content (AvgIpc) is 1.36. The summed E-state index contributed by atoms with van der Waals surface area (Å²) in [6.45, 7) is 6.47. The Morgan fingerprint density at radius 1 is 0.488 bits per heavy atom. The van der Waals surface area contributed by atoms with E-state index in [1.165, 1.54) is 9.80 Å². The third kappa shape index (κ3) is 16.4. The van der Waals surface area contributed by atoms with Crippen LogP contribution in [-0.4, -0.2) is 81.5 Å². The SMILES string of the molecule is CCN(CCc1ccc(C(F)(F)P(=O)(O)OP(=O)(OP(=O)(O)C(F)(F)c2ccc(CCN(CC)C(=O)CCc3ccccc3)cc2Br)C(F)(F)c2ccc(CCN(CC)C(=O)C3CC3c3ccccc3)cc2Br)c(Br)c1)C(=O)CCc1ccccc1. The zero-order chi connectivity index (χ0) is 62.8. The summed E-state index contributed by atoms with van der Waals surface area (Å²) < 4.78 is 151. The van der Waals surface area contributed by atoms with Crippen LogP contribution in [0.5, 0.6) is 0 Å². The standard InChI is InChI=1S/C61H65Br3F6N3O10P3/c1-4-71(56(74)30-25-42-16-10-7-11-17-42)35-32-44-22-27-50(53(62)38-44)59(65,66)84(77,78)82-86(81,61(69,70)52-29-24-46(40-55(52)64)34-37-73(6-3)58(76)49-41-48(49)47-20-14-9-15-21-47)83-85(79,80)60(67,68)51-28-23-45(39-54(51)63)33-36-72(5-2)57(75)31-26-43-18-12-8-13-19-43/h7-24,27-29,38-40,48-49H,4-6,25-26,30-37,41H2,1-3H3,(H,77,78)(H,79,80). The van der Waals surface area contributed by atoms with E-state index in [9.17, 15) is 37.9 Å². The molecule has 0 bridgehead atoms. The van der Waals surface area contributed by atoms with Crippen LogP contribution in [0.1, 0.15) is 96.0 Å². The summed E-state index contributed by atoms with van der Waals surface area (Å²) >= 11 is 8.80. The van der Waals surface area contributed by atoms with Gasteiger partial charge >= 0.3 is 39.8 Å². The topological polar surface area (TPSA) is 171 Å². The van der Waals surface area contributed by atoms with Gasteiger partial charge in [-0.1, -0.05) is 175 Å². The zero-order valence-corrected chi connectivity index (χ0v) is 54.6. The first kappa shape index (κ1) is 68.8. The lowest BCUT2D eigenvalue weighted by atomic mass is 10.1. The van der Waals surface area contributed by atoms with Gasteiger partial charge in [0.25, 0.3) is 0 Å². The monoisotopic (exact) mass is 1440 g/mol. The van der Waals surface area contributed by atoms with Crippen molar-refractivity contribution in [1.29, 1.82) is 0 Å². The predicted molar refractivity (Wildman–Crippen MR) is 328 cm³/mol. The number of nitrogens with zero attached hydrogens (tertiary/aromatic N) is 3. The molecule has 462 valence electrons. The quantitative estimate of drug-likeness (QED) is 0.0327. The predicted octanol–water partition coefficient (Wildman–Crippen LogP) is 16.4. The molecule has 4 unspecified atom stereocenters. The van der Waals surface area contributed by atoms with Crippen LogP contribution in [0.15, 0.2) is 159 Å². The summed E-state index contributed by atoms with van der Waals surface area (Å²) in [5, 5.41) is 0. The minimum atomic E-state index is -7.63. The molecular formula is C61H65Br3F6N3O10P3. The Morgan fingerprint density at radius 3 is 1.17 bits per heavy atom. The molecule has 0 spiro atoms. The summed E-state index contributed by atoms with van der Waals surface area (Å²) in [5.74, 6) is -0.774. The van der Waals surface area contributed by atoms with Gasteiger partial charge in [-0.15, -0.1) is 0 Å². The van der Waals surface area contributed by atoms with Crippen LogP contribution in [-0.2, 0) is 85.8 Å². The van der Waals surface area contributed by atoms with Crippen LogP contribution < -0.4 is 0 Å². The van der Waals surface area contributed by atoms with Gasteiger partial charge in [-0.3, -0.25) is 28.1 Å². The van der Waals surface area contributed by atoms with Gasteiger partial charge in [0, 0.05) is 88.1 Å². The number of alkyl halides is 6. The van der Waals surface area contributed by atoms with Crippen molar-refractivity contribution in [3.8, 4) is 0 Å². The zero-order valence-electron chi connectivity index (χ0n) is 47.2. The van der Waals surface area contributed by atoms with Crippen molar-refractivity contribution in [2.45, 2.75) is 95.0 Å². The van der Waals surface area contributed by atoms with Crippen molar-refractivity contribution >= 4 is 88.3 Å². The van der Waals surface area contributed by atoms with Crippen LogP contribution >= 0.6 is 70.6 Å². The number of rotatable bonds is 30. The van der Waals surface area contributed by atoms with E-state index in [4.69, 9.17) is 0 Å². The van der Waals surface area contributed by atoms with Gasteiger partial charge in [-0.2, -0.15) is 26.3 Å². The van der Waals surface area contributed by atoms with Crippen LogP contribution in [0, 0.1) is 5.92 Å². The highest BCUT2D eigenvalue weighted by Gasteiger charge is 2.69. The van der Waals surface area contributed by atoms with E-state index in [0.29, 0.717) is 61.7 Å². The first-order chi connectivity index (χ1) is 40.6. The van der Waals surface area contributed by atoms with Crippen molar-refractivity contribution in [3.05, 3.63) is 209 Å². The second-order valence-electron chi connectivity index (χ2n) is 20.7. The highest BCUT2D eigenvalue weighted by molar-refractivity contribution is 9.11. The smallest absolute Gasteiger partial charge is 0.343 e. The summed E-state index contributed by atoms with van der Waals surface area (Å²) in [7, 11) is -22.2. The molecule has 86 heavy (non-hydrogen) atoms. The van der Waals surface area contributed by atoms with Crippen molar-refractivity contribution < 1.29 is 72.8 Å². The van der Waals surface area contributed by atoms with Crippen molar-refractivity contribution in [1.82, 2.24) is 14.7 Å². The summed E-state index contributed by atoms with van der Waals surface area (Å²) in [4.78, 5) is 66.7. The molecule has 13 nitrogen and oxygen atoms in total. The summed E-state index contributed by atoms with van der Waals surface area (Å²) in [6.07, 6.45) is 2.13. The molecule has 1 aliphatic rings. The first-order valence-electron chi connectivity index (χ1n) is 27.7. The number of halogens is 9. The van der Waals surface area contributed by atoms with Crippen molar-refractivity contribution in [2.24, 2.45) is 5.92 Å². The second kappa shape index (κ2) is 29.3. The number of hydrogen-bond donors (Lipinski definition) is 2. The van der Waals surface area contributed by atoms with Gasteiger partial charge in [0.05, 0.1) is 0 Å². The highest BCUT2D eigenvalue weighted by atomic mass is 79.9. The van der Waals surface area contributed by atoms with E-state index in [1.54, 1.807) is 25.7 Å². The first-order valence-corrected chi connectivity index (χ1v) is 34.8. The molecular weight excluding hydrogens is 1380 g/mol. The van der Waals surface area contributed by atoms with Gasteiger partial charge in [-0.05, 0) is 117 Å². The molecule has 0 aliphatic heterocycles. The van der Waals surface area contributed by atoms with Crippen LogP contribution in [0.3, 0.4) is 0 Å². The molecule has 0 radical (unpaired) electrons. The molecule has 6 aromatic rings. The molecule has 1 fully saturated rings. The van der Waals surface area contributed by atoms with E-state index < -0.39 is 69.9 Å². The van der Waals surface area contributed by atoms with Gasteiger partial charge in [0.1, 0.15) is 0 Å². The highest BCUT2D eigenvalue weighted by Crippen LogP contribution is 2.84. The third-order valence-electron chi connectivity index (χ3n) is 15.0. The number of amides is 3. The Kier molecular flexibility index (Phi) is 23.4. The van der Waals surface area contributed by atoms with E-state index in [-0.39, 0.29) is 93.4 Å². The van der Waals surface area contributed by atoms with Gasteiger partial charge in [-0.25, -0.2) is 8.62 Å². The molecule has 0 heterocycles. The molecule has 0 aromatic heterocycles. The van der Waals surface area contributed by atoms with E-state index in [0.717, 1.165) is 53.1 Å². The maximum Gasteiger partial charge on any atom is 0.419 e. The number of aryl methyl sites for hydroxylation is 2. The van der Waals surface area contributed by atoms with Crippen LogP contribution in [0.2, 0.25) is 0 Å².